The lowest BCUT2D eigenvalue weighted by Crippen LogP contribution is -2.08. The molecule has 0 bridgehead atoms. The molecule has 0 heterocycles. The molecule has 0 amide bonds. The van der Waals surface area contributed by atoms with Gasteiger partial charge in [0.25, 0.3) is 0 Å². The molecule has 0 radical (unpaired) electrons. The topological polar surface area (TPSA) is 21.3 Å². The summed E-state index contributed by atoms with van der Waals surface area (Å²) in [6.07, 6.45) is 0. The van der Waals surface area contributed by atoms with E-state index in [2.05, 4.69) is 5.32 Å². The normalized spacial score (nSPS) is 12.0. The predicted octanol–water partition coefficient (Wildman–Crippen LogP) is 5.70. The van der Waals surface area contributed by atoms with E-state index in [1.807, 2.05) is 19.9 Å². The molecule has 2 aromatic carbocycles. The van der Waals surface area contributed by atoms with Gasteiger partial charge in [0, 0.05) is 11.1 Å². The Morgan fingerprint density at radius 3 is 2.62 bits per heavy atom. The smallest absolute Gasteiger partial charge is 0.142 e. The predicted molar refractivity (Wildman–Crippen MR) is 86.1 cm³/mol. The van der Waals surface area contributed by atoms with E-state index in [0.29, 0.717) is 11.6 Å². The Labute approximate surface area is 133 Å². The molecule has 0 aliphatic heterocycles. The Morgan fingerprint density at radius 2 is 1.95 bits per heavy atom. The lowest BCUT2D eigenvalue weighted by Gasteiger charge is -2.19. The highest BCUT2D eigenvalue weighted by atomic mass is 35.5. The summed E-state index contributed by atoms with van der Waals surface area (Å²) >= 11 is 11.8. The number of rotatable bonds is 5. The van der Waals surface area contributed by atoms with Crippen LogP contribution in [0, 0.1) is 5.82 Å². The molecular weight excluding hydrogens is 312 g/mol. The van der Waals surface area contributed by atoms with E-state index < -0.39 is 5.82 Å². The minimum Gasteiger partial charge on any atom is -0.492 e. The number of nitrogens with one attached hydrogen (secondary N) is 1. The van der Waals surface area contributed by atoms with Gasteiger partial charge in [0.1, 0.15) is 11.6 Å². The molecule has 0 aliphatic carbocycles. The third-order valence-corrected chi connectivity index (χ3v) is 3.58. The standard InChI is InChI=1S/C16H16Cl2FNO/c1-3-21-16-7-5-12(17)9-15(16)20-10(2)11-4-6-14(19)13(18)8-11/h4-10,20H,3H2,1-2H3. The van der Waals surface area contributed by atoms with Crippen LogP contribution in [0.4, 0.5) is 10.1 Å². The maximum absolute atomic E-state index is 13.2. The van der Waals surface area contributed by atoms with Gasteiger partial charge in [-0.2, -0.15) is 0 Å². The van der Waals surface area contributed by atoms with Crippen molar-refractivity contribution < 1.29 is 9.13 Å². The van der Waals surface area contributed by atoms with Gasteiger partial charge in [-0.1, -0.05) is 29.3 Å². The van der Waals surface area contributed by atoms with Gasteiger partial charge in [0.05, 0.1) is 17.3 Å². The van der Waals surface area contributed by atoms with Crippen LogP contribution in [0.25, 0.3) is 0 Å². The van der Waals surface area contributed by atoms with Crippen LogP contribution in [0.15, 0.2) is 36.4 Å². The van der Waals surface area contributed by atoms with Crippen molar-refractivity contribution in [2.75, 3.05) is 11.9 Å². The Balaban J connectivity index is 2.24. The molecular formula is C16H16Cl2FNO. The SMILES string of the molecule is CCOc1ccc(Cl)cc1NC(C)c1ccc(F)c(Cl)c1. The van der Waals surface area contributed by atoms with Gasteiger partial charge in [0.2, 0.25) is 0 Å². The number of benzene rings is 2. The molecule has 0 saturated heterocycles. The molecule has 112 valence electrons. The van der Waals surface area contributed by atoms with Crippen LogP contribution in [0.2, 0.25) is 10.0 Å². The largest absolute Gasteiger partial charge is 0.492 e. The molecule has 2 nitrogen and oxygen atoms in total. The van der Waals surface area contributed by atoms with Crippen molar-refractivity contribution in [3.63, 3.8) is 0 Å². The van der Waals surface area contributed by atoms with Gasteiger partial charge in [-0.15, -0.1) is 0 Å². The van der Waals surface area contributed by atoms with Gasteiger partial charge in [0.15, 0.2) is 0 Å². The fourth-order valence-corrected chi connectivity index (χ4v) is 2.36. The third-order valence-electron chi connectivity index (χ3n) is 3.06. The number of ether oxygens (including phenoxy) is 1. The Morgan fingerprint density at radius 1 is 1.19 bits per heavy atom. The first-order valence-corrected chi connectivity index (χ1v) is 7.40. The summed E-state index contributed by atoms with van der Waals surface area (Å²) in [6, 6.07) is 9.99. The van der Waals surface area contributed by atoms with Crippen molar-refractivity contribution in [2.24, 2.45) is 0 Å². The fraction of sp³-hybridized carbons (Fsp3) is 0.250. The zero-order valence-electron chi connectivity index (χ0n) is 11.8. The van der Waals surface area contributed by atoms with Crippen molar-refractivity contribution in [1.82, 2.24) is 0 Å². The monoisotopic (exact) mass is 327 g/mol. The average molecular weight is 328 g/mol. The number of halogens is 3. The number of anilines is 1. The molecule has 21 heavy (non-hydrogen) atoms. The van der Waals surface area contributed by atoms with Crippen molar-refractivity contribution >= 4 is 28.9 Å². The van der Waals surface area contributed by atoms with Crippen molar-refractivity contribution in [2.45, 2.75) is 19.9 Å². The van der Waals surface area contributed by atoms with Gasteiger partial charge in [-0.05, 0) is 49.7 Å². The number of hydrogen-bond acceptors (Lipinski definition) is 2. The first kappa shape index (κ1) is 15.9. The quantitative estimate of drug-likeness (QED) is 0.760. The minimum absolute atomic E-state index is 0.0687. The molecule has 0 aliphatic rings. The summed E-state index contributed by atoms with van der Waals surface area (Å²) in [7, 11) is 0. The van der Waals surface area contributed by atoms with E-state index in [1.54, 1.807) is 24.3 Å². The van der Waals surface area contributed by atoms with Crippen molar-refractivity contribution in [3.05, 3.63) is 57.8 Å². The summed E-state index contributed by atoms with van der Waals surface area (Å²) in [5, 5.41) is 4.03. The summed E-state index contributed by atoms with van der Waals surface area (Å²) in [5.41, 5.74) is 1.67. The van der Waals surface area contributed by atoms with Crippen molar-refractivity contribution in [3.8, 4) is 5.75 Å². The first-order chi connectivity index (χ1) is 10.0. The molecule has 0 saturated carbocycles. The Kier molecular flexibility index (Phi) is 5.32. The van der Waals surface area contributed by atoms with E-state index >= 15 is 0 Å². The van der Waals surface area contributed by atoms with E-state index in [-0.39, 0.29) is 11.1 Å². The summed E-state index contributed by atoms with van der Waals surface area (Å²) in [6.45, 7) is 4.44. The fourth-order valence-electron chi connectivity index (χ4n) is 1.99. The highest BCUT2D eigenvalue weighted by Crippen LogP contribution is 2.32. The second-order valence-electron chi connectivity index (χ2n) is 4.61. The zero-order valence-corrected chi connectivity index (χ0v) is 13.3. The summed E-state index contributed by atoms with van der Waals surface area (Å²) in [4.78, 5) is 0. The molecule has 5 heteroatoms. The van der Waals surface area contributed by atoms with Gasteiger partial charge < -0.3 is 10.1 Å². The lowest BCUT2D eigenvalue weighted by molar-refractivity contribution is 0.341. The van der Waals surface area contributed by atoms with Crippen LogP contribution in [0.1, 0.15) is 25.5 Å². The third kappa shape index (κ3) is 4.02. The Bertz CT molecular complexity index is 634. The summed E-state index contributed by atoms with van der Waals surface area (Å²) in [5.74, 6) is 0.298. The molecule has 0 fully saturated rings. The van der Waals surface area contributed by atoms with Crippen LogP contribution >= 0.6 is 23.2 Å². The Hall–Kier alpha value is -1.45. The molecule has 1 atom stereocenters. The van der Waals surface area contributed by atoms with Gasteiger partial charge in [-0.3, -0.25) is 0 Å². The molecule has 2 aromatic rings. The van der Waals surface area contributed by atoms with Crippen LogP contribution in [0.5, 0.6) is 5.75 Å². The van der Waals surface area contributed by atoms with E-state index in [0.717, 1.165) is 17.0 Å². The van der Waals surface area contributed by atoms with Crippen LogP contribution in [-0.4, -0.2) is 6.61 Å². The van der Waals surface area contributed by atoms with Crippen LogP contribution in [-0.2, 0) is 0 Å². The second kappa shape index (κ2) is 7.01. The summed E-state index contributed by atoms with van der Waals surface area (Å²) < 4.78 is 18.8. The van der Waals surface area contributed by atoms with Crippen LogP contribution < -0.4 is 10.1 Å². The molecule has 1 N–H and O–H groups in total. The second-order valence-corrected chi connectivity index (χ2v) is 5.46. The average Bonchev–Trinajstić information content (AvgIpc) is 2.45. The van der Waals surface area contributed by atoms with E-state index in [1.165, 1.54) is 6.07 Å². The molecule has 0 spiro atoms. The maximum Gasteiger partial charge on any atom is 0.142 e. The highest BCUT2D eigenvalue weighted by Gasteiger charge is 2.11. The maximum atomic E-state index is 13.2. The zero-order chi connectivity index (χ0) is 15.4. The minimum atomic E-state index is -0.426. The first-order valence-electron chi connectivity index (χ1n) is 6.65. The van der Waals surface area contributed by atoms with E-state index in [4.69, 9.17) is 27.9 Å². The number of hydrogen-bond donors (Lipinski definition) is 1. The van der Waals surface area contributed by atoms with Gasteiger partial charge in [-0.25, -0.2) is 4.39 Å². The molecule has 2 rings (SSSR count). The van der Waals surface area contributed by atoms with Gasteiger partial charge >= 0.3 is 0 Å². The molecule has 1 unspecified atom stereocenters. The highest BCUT2D eigenvalue weighted by molar-refractivity contribution is 6.31. The molecule has 0 aromatic heterocycles. The van der Waals surface area contributed by atoms with Crippen LogP contribution in [0.3, 0.4) is 0 Å². The van der Waals surface area contributed by atoms with Crippen molar-refractivity contribution in [1.29, 1.82) is 0 Å². The van der Waals surface area contributed by atoms with E-state index in [9.17, 15) is 4.39 Å². The lowest BCUT2D eigenvalue weighted by atomic mass is 10.1.